The van der Waals surface area contributed by atoms with Gasteiger partial charge in [-0.2, -0.15) is 22.0 Å². The number of alkyl halides is 5. The average Bonchev–Trinajstić information content (AvgIpc) is 2.38. The number of allylic oxidation sites excluding steroid dienone is 2. The lowest BCUT2D eigenvalue weighted by atomic mass is 10.2. The van der Waals surface area contributed by atoms with Gasteiger partial charge in [0.1, 0.15) is 0 Å². The molecule has 0 bridgehead atoms. The summed E-state index contributed by atoms with van der Waals surface area (Å²) in [6.45, 7) is 0. The molecule has 0 saturated heterocycles. The third-order valence-electron chi connectivity index (χ3n) is 1.17. The molecule has 0 aliphatic heterocycles. The molecule has 0 radical (unpaired) electrons. The zero-order valence-corrected chi connectivity index (χ0v) is 4.67. The van der Waals surface area contributed by atoms with Gasteiger partial charge in [0.2, 0.25) is 0 Å². The summed E-state index contributed by atoms with van der Waals surface area (Å²) >= 11 is 0. The van der Waals surface area contributed by atoms with E-state index >= 15 is 0 Å². The molecule has 0 nitrogen and oxygen atoms in total. The first-order valence-electron chi connectivity index (χ1n) is 2.50. The zero-order chi connectivity index (χ0) is 7.99. The van der Waals surface area contributed by atoms with Gasteiger partial charge in [-0.05, 0) is 6.42 Å². The van der Waals surface area contributed by atoms with Crippen molar-refractivity contribution in [3.63, 3.8) is 0 Å². The summed E-state index contributed by atoms with van der Waals surface area (Å²) in [7, 11) is 0. The van der Waals surface area contributed by atoms with E-state index in [0.717, 1.165) is 6.08 Å². The highest BCUT2D eigenvalue weighted by Crippen LogP contribution is 2.47. The maximum absolute atomic E-state index is 11.9. The fourth-order valence-electron chi connectivity index (χ4n) is 0.489. The minimum atomic E-state index is -5.42. The normalized spacial score (nSPS) is 18.7. The molecule has 1 aliphatic carbocycles. The number of halogens is 5. The van der Waals surface area contributed by atoms with E-state index in [2.05, 4.69) is 0 Å². The summed E-state index contributed by atoms with van der Waals surface area (Å²) in [6.07, 6.45) is -4.77. The van der Waals surface area contributed by atoms with Gasteiger partial charge in [0.05, 0.1) is 0 Å². The first-order valence-corrected chi connectivity index (χ1v) is 2.50. The molecular weight excluding hydrogens is 155 g/mol. The average molecular weight is 158 g/mol. The molecule has 0 spiro atoms. The predicted molar refractivity (Wildman–Crippen MR) is 23.7 cm³/mol. The standard InChI is InChI=1S/C5H3F5/c6-4(7,3-1-2-3)5(8,9)10/h1H,2H2. The predicted octanol–water partition coefficient (Wildman–Crippen LogP) is 2.51. The number of hydrogen-bond acceptors (Lipinski definition) is 0. The van der Waals surface area contributed by atoms with E-state index in [-0.39, 0.29) is 6.42 Å². The number of hydrogen-bond donors (Lipinski definition) is 0. The highest BCUT2D eigenvalue weighted by atomic mass is 19.4. The molecule has 0 fully saturated rings. The smallest absolute Gasteiger partial charge is 0.191 e. The van der Waals surface area contributed by atoms with Gasteiger partial charge in [0, 0.05) is 5.57 Å². The van der Waals surface area contributed by atoms with Crippen molar-refractivity contribution < 1.29 is 22.0 Å². The first-order chi connectivity index (χ1) is 4.36. The van der Waals surface area contributed by atoms with Gasteiger partial charge in [0.25, 0.3) is 0 Å². The van der Waals surface area contributed by atoms with Crippen LogP contribution in [0.5, 0.6) is 0 Å². The molecule has 0 heterocycles. The molecule has 0 saturated carbocycles. The lowest BCUT2D eigenvalue weighted by Crippen LogP contribution is -2.35. The third-order valence-corrected chi connectivity index (χ3v) is 1.17. The van der Waals surface area contributed by atoms with Crippen LogP contribution in [-0.2, 0) is 0 Å². The molecule has 0 aromatic rings. The van der Waals surface area contributed by atoms with E-state index in [0.29, 0.717) is 0 Å². The van der Waals surface area contributed by atoms with Gasteiger partial charge in [-0.1, -0.05) is 6.08 Å². The Bertz CT molecular complexity index is 175. The van der Waals surface area contributed by atoms with Crippen molar-refractivity contribution in [3.05, 3.63) is 11.6 Å². The molecule has 0 atom stereocenters. The Morgan fingerprint density at radius 3 is 1.60 bits per heavy atom. The largest absolute Gasteiger partial charge is 0.457 e. The van der Waals surface area contributed by atoms with E-state index in [9.17, 15) is 22.0 Å². The van der Waals surface area contributed by atoms with Gasteiger partial charge >= 0.3 is 12.1 Å². The second-order valence-electron chi connectivity index (χ2n) is 2.01. The lowest BCUT2D eigenvalue weighted by molar-refractivity contribution is -0.262. The Labute approximate surface area is 53.3 Å². The minimum Gasteiger partial charge on any atom is -0.191 e. The molecule has 58 valence electrons. The molecule has 10 heavy (non-hydrogen) atoms. The van der Waals surface area contributed by atoms with Crippen molar-refractivity contribution >= 4 is 0 Å². The van der Waals surface area contributed by atoms with Crippen LogP contribution in [0, 0.1) is 0 Å². The van der Waals surface area contributed by atoms with Crippen molar-refractivity contribution in [2.24, 2.45) is 0 Å². The first kappa shape index (κ1) is 7.50. The van der Waals surface area contributed by atoms with E-state index < -0.39 is 17.7 Å². The van der Waals surface area contributed by atoms with Gasteiger partial charge in [-0.25, -0.2) is 0 Å². The fraction of sp³-hybridized carbons (Fsp3) is 0.600. The van der Waals surface area contributed by atoms with Gasteiger partial charge in [-0.3, -0.25) is 0 Å². The Morgan fingerprint density at radius 1 is 1.10 bits per heavy atom. The summed E-state index contributed by atoms with van der Waals surface area (Å²) in [5.41, 5.74) is -0.819. The quantitative estimate of drug-likeness (QED) is 0.406. The molecule has 5 heteroatoms. The molecule has 0 amide bonds. The second kappa shape index (κ2) is 1.71. The fourth-order valence-corrected chi connectivity index (χ4v) is 0.489. The maximum Gasteiger partial charge on any atom is 0.457 e. The second-order valence-corrected chi connectivity index (χ2v) is 2.01. The Morgan fingerprint density at radius 2 is 1.50 bits per heavy atom. The van der Waals surface area contributed by atoms with Crippen molar-refractivity contribution in [2.75, 3.05) is 0 Å². The minimum absolute atomic E-state index is 0.216. The topological polar surface area (TPSA) is 0 Å². The highest BCUT2D eigenvalue weighted by Gasteiger charge is 2.61. The van der Waals surface area contributed by atoms with Crippen molar-refractivity contribution in [3.8, 4) is 0 Å². The van der Waals surface area contributed by atoms with Crippen molar-refractivity contribution in [1.82, 2.24) is 0 Å². The van der Waals surface area contributed by atoms with Crippen LogP contribution in [0.1, 0.15) is 6.42 Å². The van der Waals surface area contributed by atoms with Crippen molar-refractivity contribution in [2.45, 2.75) is 18.5 Å². The van der Waals surface area contributed by atoms with E-state index in [1.807, 2.05) is 0 Å². The molecule has 0 aromatic heterocycles. The van der Waals surface area contributed by atoms with Gasteiger partial charge in [0.15, 0.2) is 0 Å². The van der Waals surface area contributed by atoms with E-state index in [1.165, 1.54) is 0 Å². The van der Waals surface area contributed by atoms with Crippen LogP contribution in [-0.4, -0.2) is 12.1 Å². The van der Waals surface area contributed by atoms with Crippen LogP contribution in [0.2, 0.25) is 0 Å². The summed E-state index contributed by atoms with van der Waals surface area (Å²) < 4.78 is 57.8. The summed E-state index contributed by atoms with van der Waals surface area (Å²) in [4.78, 5) is 0. The van der Waals surface area contributed by atoms with Crippen LogP contribution in [0.15, 0.2) is 11.6 Å². The number of rotatable bonds is 1. The van der Waals surface area contributed by atoms with Crippen LogP contribution >= 0.6 is 0 Å². The Balaban J connectivity index is 2.76. The molecule has 1 aliphatic rings. The van der Waals surface area contributed by atoms with Crippen LogP contribution in [0.4, 0.5) is 22.0 Å². The highest BCUT2D eigenvalue weighted by molar-refractivity contribution is 5.31. The van der Waals surface area contributed by atoms with Crippen LogP contribution in [0.3, 0.4) is 0 Å². The molecular formula is C5H3F5. The Kier molecular flexibility index (Phi) is 1.28. The Hall–Kier alpha value is -0.610. The molecule has 0 aromatic carbocycles. The zero-order valence-electron chi connectivity index (χ0n) is 4.67. The SMILES string of the molecule is FC(F)(F)C(F)(F)C1=CC1. The van der Waals surface area contributed by atoms with Crippen LogP contribution < -0.4 is 0 Å². The summed E-state index contributed by atoms with van der Waals surface area (Å²) in [6, 6.07) is 0. The summed E-state index contributed by atoms with van der Waals surface area (Å²) in [5.74, 6) is -4.59. The van der Waals surface area contributed by atoms with Crippen LogP contribution in [0.25, 0.3) is 0 Å². The van der Waals surface area contributed by atoms with Crippen molar-refractivity contribution in [1.29, 1.82) is 0 Å². The molecule has 0 N–H and O–H groups in total. The molecule has 0 unspecified atom stereocenters. The maximum atomic E-state index is 11.9. The van der Waals surface area contributed by atoms with E-state index in [4.69, 9.17) is 0 Å². The monoisotopic (exact) mass is 158 g/mol. The van der Waals surface area contributed by atoms with Gasteiger partial charge < -0.3 is 0 Å². The molecule has 1 rings (SSSR count). The third kappa shape index (κ3) is 0.998. The van der Waals surface area contributed by atoms with E-state index in [1.54, 1.807) is 0 Å². The van der Waals surface area contributed by atoms with Gasteiger partial charge in [-0.15, -0.1) is 0 Å². The summed E-state index contributed by atoms with van der Waals surface area (Å²) in [5, 5.41) is 0. The lowest BCUT2D eigenvalue weighted by Gasteiger charge is -2.16.